The fourth-order valence-corrected chi connectivity index (χ4v) is 5.40. The lowest BCUT2D eigenvalue weighted by molar-refractivity contribution is -0.131. The van der Waals surface area contributed by atoms with Gasteiger partial charge in [-0.05, 0) is 38.0 Å². The van der Waals surface area contributed by atoms with Crippen molar-refractivity contribution >= 4 is 15.9 Å². The predicted octanol–water partition coefficient (Wildman–Crippen LogP) is 2.09. The molecule has 0 radical (unpaired) electrons. The summed E-state index contributed by atoms with van der Waals surface area (Å²) in [5.41, 5.74) is 0.701. The van der Waals surface area contributed by atoms with Gasteiger partial charge >= 0.3 is 0 Å². The molecule has 3 rings (SSSR count). The Morgan fingerprint density at radius 1 is 1.39 bits per heavy atom. The lowest BCUT2D eigenvalue weighted by atomic mass is 10.0. The van der Waals surface area contributed by atoms with Gasteiger partial charge in [0.15, 0.2) is 0 Å². The molecule has 0 spiro atoms. The lowest BCUT2D eigenvalue weighted by Gasteiger charge is -2.37. The quantitative estimate of drug-likeness (QED) is 0.697. The number of hydrogen-bond acceptors (Lipinski definition) is 5. The molecule has 1 fully saturated rings. The summed E-state index contributed by atoms with van der Waals surface area (Å²) in [6.45, 7) is 5.63. The van der Waals surface area contributed by atoms with Gasteiger partial charge in [0.05, 0.1) is 13.2 Å². The topological polar surface area (TPSA) is 87.2 Å². The Kier molecular flexibility index (Phi) is 7.30. The fraction of sp³-hybridized carbons (Fsp3) is 0.609. The molecule has 0 bridgehead atoms. The Hall–Kier alpha value is -2.08. The number of nitrogens with zero attached hydrogens (tertiary/aromatic N) is 2. The van der Waals surface area contributed by atoms with Crippen LogP contribution >= 0.6 is 0 Å². The normalized spacial score (nSPS) is 23.9. The van der Waals surface area contributed by atoms with E-state index >= 15 is 0 Å². The molecule has 0 saturated heterocycles. The second-order valence-corrected chi connectivity index (χ2v) is 10.4. The number of aliphatic hydroxyl groups is 1. The van der Waals surface area contributed by atoms with Crippen molar-refractivity contribution in [2.75, 3.05) is 26.7 Å². The van der Waals surface area contributed by atoms with Crippen molar-refractivity contribution in [3.05, 3.63) is 23.8 Å². The van der Waals surface area contributed by atoms with E-state index in [1.807, 2.05) is 6.92 Å². The van der Waals surface area contributed by atoms with Crippen molar-refractivity contribution in [2.24, 2.45) is 11.8 Å². The van der Waals surface area contributed by atoms with E-state index in [0.29, 0.717) is 24.4 Å². The van der Waals surface area contributed by atoms with Crippen LogP contribution in [0.15, 0.2) is 23.1 Å². The molecule has 8 heteroatoms. The van der Waals surface area contributed by atoms with Gasteiger partial charge in [-0.1, -0.05) is 25.7 Å². The molecule has 2 aliphatic rings. The summed E-state index contributed by atoms with van der Waals surface area (Å²) in [6.07, 6.45) is 2.19. The molecule has 170 valence electrons. The van der Waals surface area contributed by atoms with Crippen LogP contribution in [0, 0.1) is 23.7 Å². The highest BCUT2D eigenvalue weighted by molar-refractivity contribution is 7.89. The third kappa shape index (κ3) is 5.40. The molecule has 1 heterocycles. The van der Waals surface area contributed by atoms with E-state index in [1.165, 1.54) is 10.4 Å². The molecule has 1 saturated carbocycles. The van der Waals surface area contributed by atoms with Gasteiger partial charge < -0.3 is 14.7 Å². The van der Waals surface area contributed by atoms with Crippen LogP contribution in [0.5, 0.6) is 5.75 Å². The average molecular weight is 449 g/mol. The minimum absolute atomic E-state index is 0.00432. The van der Waals surface area contributed by atoms with E-state index in [4.69, 9.17) is 4.74 Å². The van der Waals surface area contributed by atoms with E-state index in [2.05, 4.69) is 11.8 Å². The summed E-state index contributed by atoms with van der Waals surface area (Å²) in [4.78, 5) is 13.8. The number of hydrogen-bond donors (Lipinski definition) is 1. The molecule has 1 N–H and O–H groups in total. The Balaban J connectivity index is 2.04. The van der Waals surface area contributed by atoms with Crippen LogP contribution in [-0.2, 0) is 14.8 Å². The molecule has 1 aromatic rings. The van der Waals surface area contributed by atoms with Gasteiger partial charge in [0.1, 0.15) is 16.7 Å². The zero-order chi connectivity index (χ0) is 22.8. The SMILES string of the molecule is CCC(=O)N(C)C[C@H]1Oc2cc(C#CC3CC3)ccc2S(=O)(=O)N([C@H](C)CO)C[C@H]1C. The van der Waals surface area contributed by atoms with Gasteiger partial charge in [0, 0.05) is 43.5 Å². The second kappa shape index (κ2) is 9.60. The molecule has 1 aliphatic carbocycles. The Morgan fingerprint density at radius 2 is 2.10 bits per heavy atom. The van der Waals surface area contributed by atoms with Crippen molar-refractivity contribution < 1.29 is 23.1 Å². The summed E-state index contributed by atoms with van der Waals surface area (Å²) >= 11 is 0. The summed E-state index contributed by atoms with van der Waals surface area (Å²) in [6, 6.07) is 4.33. The van der Waals surface area contributed by atoms with E-state index in [1.54, 1.807) is 37.9 Å². The predicted molar refractivity (Wildman–Crippen MR) is 118 cm³/mol. The summed E-state index contributed by atoms with van der Waals surface area (Å²) in [7, 11) is -2.15. The minimum atomic E-state index is -3.88. The smallest absolute Gasteiger partial charge is 0.247 e. The standard InChI is InChI=1S/C23H32N2O5S/c1-5-23(27)24(4)14-21-16(2)13-25(17(3)15-26)31(28,29)22-11-10-19(12-20(22)30-21)9-8-18-6-7-18/h10-12,16-18,21,26H,5-7,13-15H2,1-4H3/t16-,17-,21-/m1/s1. The number of fused-ring (bicyclic) bond motifs is 1. The maximum Gasteiger partial charge on any atom is 0.247 e. The monoisotopic (exact) mass is 448 g/mol. The highest BCUT2D eigenvalue weighted by Gasteiger charge is 2.38. The molecule has 0 aromatic heterocycles. The number of carbonyl (C=O) groups excluding carboxylic acids is 1. The van der Waals surface area contributed by atoms with Gasteiger partial charge in [-0.25, -0.2) is 8.42 Å². The van der Waals surface area contributed by atoms with Crippen LogP contribution in [0.4, 0.5) is 0 Å². The maximum absolute atomic E-state index is 13.4. The average Bonchev–Trinajstić information content (AvgIpc) is 3.57. The summed E-state index contributed by atoms with van der Waals surface area (Å²) in [5.74, 6) is 6.76. The highest BCUT2D eigenvalue weighted by Crippen LogP contribution is 2.34. The van der Waals surface area contributed by atoms with E-state index in [9.17, 15) is 18.3 Å². The van der Waals surface area contributed by atoms with E-state index in [-0.39, 0.29) is 35.6 Å². The zero-order valence-corrected chi connectivity index (χ0v) is 19.5. The Labute approximate surface area is 185 Å². The van der Waals surface area contributed by atoms with Crippen molar-refractivity contribution in [1.82, 2.24) is 9.21 Å². The van der Waals surface area contributed by atoms with Crippen molar-refractivity contribution in [3.8, 4) is 17.6 Å². The molecule has 3 atom stereocenters. The van der Waals surface area contributed by atoms with Gasteiger partial charge in [0.25, 0.3) is 0 Å². The number of aliphatic hydroxyl groups excluding tert-OH is 1. The van der Waals surface area contributed by atoms with Crippen LogP contribution in [0.3, 0.4) is 0 Å². The van der Waals surface area contributed by atoms with Crippen LogP contribution in [0.25, 0.3) is 0 Å². The van der Waals surface area contributed by atoms with Crippen LogP contribution in [0.1, 0.15) is 45.6 Å². The van der Waals surface area contributed by atoms with Crippen molar-refractivity contribution in [2.45, 2.75) is 57.1 Å². The lowest BCUT2D eigenvalue weighted by Crippen LogP contribution is -2.50. The van der Waals surface area contributed by atoms with Crippen molar-refractivity contribution in [3.63, 3.8) is 0 Å². The number of carbonyl (C=O) groups is 1. The number of rotatable bonds is 5. The highest BCUT2D eigenvalue weighted by atomic mass is 32.2. The van der Waals surface area contributed by atoms with E-state index in [0.717, 1.165) is 12.8 Å². The van der Waals surface area contributed by atoms with Gasteiger partial charge in [-0.3, -0.25) is 4.79 Å². The Bertz CT molecular complexity index is 977. The number of likely N-dealkylation sites (N-methyl/N-ethyl adjacent to an activating group) is 1. The minimum Gasteiger partial charge on any atom is -0.487 e. The number of amides is 1. The first-order chi connectivity index (χ1) is 14.7. The molecule has 1 aromatic carbocycles. The molecule has 0 unspecified atom stereocenters. The molecule has 7 nitrogen and oxygen atoms in total. The van der Waals surface area contributed by atoms with Crippen LogP contribution in [-0.4, -0.2) is 67.5 Å². The first-order valence-electron chi connectivity index (χ1n) is 10.9. The first kappa shape index (κ1) is 23.6. The largest absolute Gasteiger partial charge is 0.487 e. The summed E-state index contributed by atoms with van der Waals surface area (Å²) < 4.78 is 34.4. The molecule has 1 aliphatic heterocycles. The maximum atomic E-state index is 13.4. The molecular weight excluding hydrogens is 416 g/mol. The van der Waals surface area contributed by atoms with Crippen LogP contribution in [0.2, 0.25) is 0 Å². The third-order valence-corrected chi connectivity index (χ3v) is 7.87. The Morgan fingerprint density at radius 3 is 2.71 bits per heavy atom. The number of benzene rings is 1. The van der Waals surface area contributed by atoms with E-state index < -0.39 is 22.2 Å². The summed E-state index contributed by atoms with van der Waals surface area (Å²) in [5, 5.41) is 9.70. The molecule has 1 amide bonds. The first-order valence-corrected chi connectivity index (χ1v) is 12.3. The number of ether oxygens (including phenoxy) is 1. The second-order valence-electron chi connectivity index (χ2n) is 8.57. The third-order valence-electron chi connectivity index (χ3n) is 5.85. The van der Waals surface area contributed by atoms with Gasteiger partial charge in [0.2, 0.25) is 15.9 Å². The van der Waals surface area contributed by atoms with Gasteiger partial charge in [-0.15, -0.1) is 0 Å². The number of sulfonamides is 1. The molecular formula is C23H32N2O5S. The zero-order valence-electron chi connectivity index (χ0n) is 18.7. The van der Waals surface area contributed by atoms with Crippen LogP contribution < -0.4 is 4.74 Å². The molecule has 31 heavy (non-hydrogen) atoms. The van der Waals surface area contributed by atoms with Gasteiger partial charge in [-0.2, -0.15) is 4.31 Å². The van der Waals surface area contributed by atoms with Crippen molar-refractivity contribution in [1.29, 1.82) is 0 Å². The fourth-order valence-electron chi connectivity index (χ4n) is 3.58.